The third-order valence-electron chi connectivity index (χ3n) is 4.94. The maximum atomic E-state index is 13.1. The highest BCUT2D eigenvalue weighted by Gasteiger charge is 2.33. The minimum Gasteiger partial charge on any atom is -0.394 e. The van der Waals surface area contributed by atoms with Crippen LogP contribution in [0.4, 0.5) is 0 Å². The molecular weight excluding hydrogens is 318 g/mol. The number of hydrogen-bond acceptors (Lipinski definition) is 5. The van der Waals surface area contributed by atoms with E-state index in [9.17, 15) is 4.79 Å². The number of fused-ring (bicyclic) bond motifs is 1. The topological polar surface area (TPSA) is 75.6 Å². The molecule has 6 nitrogen and oxygen atoms in total. The van der Waals surface area contributed by atoms with Gasteiger partial charge < -0.3 is 14.7 Å². The molecule has 1 N–H and O–H groups in total. The van der Waals surface area contributed by atoms with Crippen molar-refractivity contribution in [2.45, 2.75) is 37.7 Å². The van der Waals surface area contributed by atoms with Gasteiger partial charge >= 0.3 is 0 Å². The fraction of sp³-hybridized carbons (Fsp3) is 0.526. The Kier molecular flexibility index (Phi) is 4.63. The molecule has 2 aromatic rings. The molecule has 0 spiro atoms. The van der Waals surface area contributed by atoms with Crippen molar-refractivity contribution in [2.24, 2.45) is 0 Å². The number of rotatable bonds is 5. The number of benzene rings is 1. The van der Waals surface area contributed by atoms with Gasteiger partial charge in [-0.15, -0.1) is 0 Å². The van der Waals surface area contributed by atoms with E-state index in [1.807, 2.05) is 29.2 Å². The zero-order chi connectivity index (χ0) is 17.2. The number of aliphatic hydroxyl groups is 1. The van der Waals surface area contributed by atoms with Crippen LogP contribution in [0.3, 0.4) is 0 Å². The second-order valence-electron chi connectivity index (χ2n) is 6.81. The van der Waals surface area contributed by atoms with Crippen molar-refractivity contribution >= 4 is 16.9 Å². The second kappa shape index (κ2) is 7.06. The average Bonchev–Trinajstić information content (AvgIpc) is 3.50. The number of ether oxygens (including phenoxy) is 1. The quantitative estimate of drug-likeness (QED) is 0.901. The lowest BCUT2D eigenvalue weighted by Gasteiger charge is -2.32. The molecule has 0 bridgehead atoms. The summed E-state index contributed by atoms with van der Waals surface area (Å²) < 4.78 is 5.58. The first kappa shape index (κ1) is 16.4. The maximum absolute atomic E-state index is 13.1. The van der Waals surface area contributed by atoms with Gasteiger partial charge in [0.1, 0.15) is 0 Å². The molecule has 0 radical (unpaired) electrons. The molecule has 132 valence electrons. The van der Waals surface area contributed by atoms with Crippen molar-refractivity contribution in [3.05, 3.63) is 35.7 Å². The largest absolute Gasteiger partial charge is 0.394 e. The Balaban J connectivity index is 1.55. The monoisotopic (exact) mass is 341 g/mol. The van der Waals surface area contributed by atoms with Gasteiger partial charge in [-0.2, -0.15) is 0 Å². The first-order valence-corrected chi connectivity index (χ1v) is 9.04. The van der Waals surface area contributed by atoms with Gasteiger partial charge in [0.05, 0.1) is 36.0 Å². The Morgan fingerprint density at radius 3 is 2.44 bits per heavy atom. The van der Waals surface area contributed by atoms with Crippen molar-refractivity contribution in [1.29, 1.82) is 0 Å². The number of carbonyl (C=O) groups excluding carboxylic acids is 1. The van der Waals surface area contributed by atoms with Crippen LogP contribution in [-0.4, -0.2) is 58.3 Å². The molecule has 1 aliphatic heterocycles. The molecular formula is C19H23N3O3. The molecule has 4 rings (SSSR count). The molecule has 0 atom stereocenters. The number of carbonyl (C=O) groups is 1. The average molecular weight is 341 g/mol. The van der Waals surface area contributed by atoms with E-state index in [1.165, 1.54) is 0 Å². The molecule has 0 unspecified atom stereocenters. The first-order valence-electron chi connectivity index (χ1n) is 9.04. The van der Waals surface area contributed by atoms with Crippen LogP contribution in [0.1, 0.15) is 47.8 Å². The zero-order valence-electron chi connectivity index (χ0n) is 14.2. The van der Waals surface area contributed by atoms with Gasteiger partial charge in [0.2, 0.25) is 0 Å². The Hall–Kier alpha value is -2.05. The highest BCUT2D eigenvalue weighted by atomic mass is 16.5. The van der Waals surface area contributed by atoms with Crippen LogP contribution in [0.15, 0.2) is 24.3 Å². The number of aliphatic hydroxyl groups excluding tert-OH is 1. The van der Waals surface area contributed by atoms with E-state index >= 15 is 0 Å². The van der Waals surface area contributed by atoms with Crippen LogP contribution in [-0.2, 0) is 4.74 Å². The fourth-order valence-corrected chi connectivity index (χ4v) is 3.41. The summed E-state index contributed by atoms with van der Waals surface area (Å²) in [5.41, 5.74) is 3.02. The second-order valence-corrected chi connectivity index (χ2v) is 6.81. The summed E-state index contributed by atoms with van der Waals surface area (Å²) in [7, 11) is 0. The first-order chi connectivity index (χ1) is 12.3. The molecule has 2 aliphatic rings. The van der Waals surface area contributed by atoms with Gasteiger partial charge in [-0.1, -0.05) is 12.1 Å². The highest BCUT2D eigenvalue weighted by Crippen LogP contribution is 2.41. The molecule has 1 saturated heterocycles. The molecule has 1 aromatic heterocycles. The predicted octanol–water partition coefficient (Wildman–Crippen LogP) is 2.12. The molecule has 1 aromatic carbocycles. The lowest BCUT2D eigenvalue weighted by molar-refractivity contribution is -0.00567. The number of piperidine rings is 1. The summed E-state index contributed by atoms with van der Waals surface area (Å²) in [4.78, 5) is 24.3. The van der Waals surface area contributed by atoms with Crippen molar-refractivity contribution in [3.63, 3.8) is 0 Å². The minimum absolute atomic E-state index is 0.0132. The van der Waals surface area contributed by atoms with Gasteiger partial charge in [0.25, 0.3) is 5.91 Å². The third-order valence-corrected chi connectivity index (χ3v) is 4.94. The van der Waals surface area contributed by atoms with Crippen LogP contribution >= 0.6 is 0 Å². The molecule has 25 heavy (non-hydrogen) atoms. The molecule has 2 fully saturated rings. The van der Waals surface area contributed by atoms with Crippen LogP contribution in [0.25, 0.3) is 11.0 Å². The van der Waals surface area contributed by atoms with Crippen molar-refractivity contribution in [1.82, 2.24) is 14.9 Å². The van der Waals surface area contributed by atoms with Crippen LogP contribution in [0.2, 0.25) is 0 Å². The van der Waals surface area contributed by atoms with Gasteiger partial charge in [-0.05, 0) is 37.8 Å². The van der Waals surface area contributed by atoms with Crippen LogP contribution in [0, 0.1) is 0 Å². The van der Waals surface area contributed by atoms with Crippen molar-refractivity contribution in [2.75, 3.05) is 26.3 Å². The molecule has 2 heterocycles. The SMILES string of the molecule is O=C(c1nc2ccccc2nc1C1CC1)N1CCC(OCCO)CC1. The standard InChI is InChI=1S/C19H23N3O3/c23-11-12-25-14-7-9-22(10-8-14)19(24)18-17(13-5-6-13)20-15-3-1-2-4-16(15)21-18/h1-4,13-14,23H,5-12H2. The normalized spacial score (nSPS) is 18.7. The Labute approximate surface area is 146 Å². The van der Waals surface area contributed by atoms with E-state index in [-0.39, 0.29) is 18.6 Å². The van der Waals surface area contributed by atoms with E-state index in [2.05, 4.69) is 4.98 Å². The van der Waals surface area contributed by atoms with Crippen molar-refractivity contribution < 1.29 is 14.6 Å². The van der Waals surface area contributed by atoms with Crippen LogP contribution < -0.4 is 0 Å². The summed E-state index contributed by atoms with van der Waals surface area (Å²) in [6, 6.07) is 7.73. The van der Waals surface area contributed by atoms with E-state index < -0.39 is 0 Å². The maximum Gasteiger partial charge on any atom is 0.274 e. The Bertz CT molecular complexity index is 768. The lowest BCUT2D eigenvalue weighted by atomic mass is 10.1. The van der Waals surface area contributed by atoms with E-state index in [0.29, 0.717) is 31.3 Å². The number of nitrogens with zero attached hydrogens (tertiary/aromatic N) is 3. The van der Waals surface area contributed by atoms with Crippen molar-refractivity contribution in [3.8, 4) is 0 Å². The summed E-state index contributed by atoms with van der Waals surface area (Å²) in [6.45, 7) is 1.72. The summed E-state index contributed by atoms with van der Waals surface area (Å²) in [6.07, 6.45) is 3.90. The fourth-order valence-electron chi connectivity index (χ4n) is 3.41. The number of hydrogen-bond donors (Lipinski definition) is 1. The summed E-state index contributed by atoms with van der Waals surface area (Å²) in [5.74, 6) is 0.363. The number of amides is 1. The van der Waals surface area contributed by atoms with Crippen LogP contribution in [0.5, 0.6) is 0 Å². The Morgan fingerprint density at radius 1 is 1.12 bits per heavy atom. The minimum atomic E-state index is -0.0132. The summed E-state index contributed by atoms with van der Waals surface area (Å²) in [5, 5.41) is 8.86. The molecule has 1 saturated carbocycles. The van der Waals surface area contributed by atoms with E-state index in [4.69, 9.17) is 14.8 Å². The molecule has 6 heteroatoms. The van der Waals surface area contributed by atoms with E-state index in [1.54, 1.807) is 0 Å². The lowest BCUT2D eigenvalue weighted by Crippen LogP contribution is -2.41. The predicted molar refractivity (Wildman–Crippen MR) is 93.5 cm³/mol. The van der Waals surface area contributed by atoms with Gasteiger partial charge in [-0.25, -0.2) is 9.97 Å². The highest BCUT2D eigenvalue weighted by molar-refractivity contribution is 5.95. The molecule has 1 aliphatic carbocycles. The van der Waals surface area contributed by atoms with Gasteiger partial charge in [-0.3, -0.25) is 4.79 Å². The zero-order valence-corrected chi connectivity index (χ0v) is 14.2. The van der Waals surface area contributed by atoms with Gasteiger partial charge in [0.15, 0.2) is 5.69 Å². The van der Waals surface area contributed by atoms with Gasteiger partial charge in [0, 0.05) is 19.0 Å². The Morgan fingerprint density at radius 2 is 1.80 bits per heavy atom. The molecule has 1 amide bonds. The smallest absolute Gasteiger partial charge is 0.274 e. The number of aromatic nitrogens is 2. The number of likely N-dealkylation sites (tertiary alicyclic amines) is 1. The summed E-state index contributed by atoms with van der Waals surface area (Å²) >= 11 is 0. The number of para-hydroxylation sites is 2. The van der Waals surface area contributed by atoms with E-state index in [0.717, 1.165) is 42.4 Å². The third kappa shape index (κ3) is 3.50.